The zero-order chi connectivity index (χ0) is 26.1. The van der Waals surface area contributed by atoms with Crippen LogP contribution in [0.25, 0.3) is 12.2 Å². The molecule has 9 nitrogen and oxygen atoms in total. The first-order valence-electron chi connectivity index (χ1n) is 9.84. The smallest absolute Gasteiger partial charge is 0.262 e. The highest BCUT2D eigenvalue weighted by Gasteiger charge is 2.26. The molecule has 4 N–H and O–H groups in total. The molecular weight excluding hydrogens is 528 g/mol. The third kappa shape index (κ3) is 10.6. The molecule has 0 radical (unpaired) electrons. The van der Waals surface area contributed by atoms with Crippen molar-refractivity contribution in [3.8, 4) is 0 Å². The fourth-order valence-corrected chi connectivity index (χ4v) is 4.80. The first-order valence-corrected chi connectivity index (χ1v) is 13.5. The van der Waals surface area contributed by atoms with Crippen molar-refractivity contribution in [2.24, 2.45) is 0 Å². The predicted octanol–water partition coefficient (Wildman–Crippen LogP) is 2.22. The normalized spacial score (nSPS) is 13.7. The van der Waals surface area contributed by atoms with E-state index in [4.69, 9.17) is 16.8 Å². The highest BCUT2D eigenvalue weighted by molar-refractivity contribution is 7.90. The average molecular weight is 550 g/mol. The summed E-state index contributed by atoms with van der Waals surface area (Å²) in [6.07, 6.45) is 3.67. The Balaban J connectivity index is 2.00. The van der Waals surface area contributed by atoms with Gasteiger partial charge in [0.2, 0.25) is 20.0 Å². The van der Waals surface area contributed by atoms with Gasteiger partial charge in [-0.05, 0) is 41.5 Å². The molecule has 0 saturated heterocycles. The minimum atomic E-state index is -4.35. The molecule has 0 bridgehead atoms. The van der Waals surface area contributed by atoms with Gasteiger partial charge >= 0.3 is 0 Å². The number of amides is 1. The van der Waals surface area contributed by atoms with Crippen molar-refractivity contribution >= 4 is 49.7 Å². The molecular formula is C21H22ClF2N3O6S2. The van der Waals surface area contributed by atoms with Crippen LogP contribution in [-0.2, 0) is 24.8 Å². The lowest BCUT2D eigenvalue weighted by molar-refractivity contribution is -0.130. The Kier molecular flexibility index (Phi) is 10.5. The van der Waals surface area contributed by atoms with Gasteiger partial charge in [0, 0.05) is 11.6 Å². The molecule has 1 atom stereocenters. The lowest BCUT2D eigenvalue weighted by Crippen LogP contribution is -2.52. The molecule has 2 rings (SSSR count). The van der Waals surface area contributed by atoms with Crippen molar-refractivity contribution in [2.75, 3.05) is 18.1 Å². The fraction of sp³-hybridized carbons (Fsp3) is 0.190. The van der Waals surface area contributed by atoms with E-state index in [2.05, 4.69) is 0 Å². The SMILES string of the molecule is O=C(NO)C(CNS(=O)(=O)CC(F)=Cc1ccc(F)cc1)NS(=O)(=O)CC=Cc1ccc(Cl)cc1. The highest BCUT2D eigenvalue weighted by Crippen LogP contribution is 2.12. The summed E-state index contributed by atoms with van der Waals surface area (Å²) in [6, 6.07) is 9.42. The predicted molar refractivity (Wildman–Crippen MR) is 128 cm³/mol. The van der Waals surface area contributed by atoms with Gasteiger partial charge in [0.25, 0.3) is 5.91 Å². The van der Waals surface area contributed by atoms with Gasteiger partial charge in [-0.15, -0.1) is 0 Å². The number of sulfonamides is 2. The van der Waals surface area contributed by atoms with Crippen LogP contribution in [0.3, 0.4) is 0 Å². The Labute approximate surface area is 206 Å². The lowest BCUT2D eigenvalue weighted by Gasteiger charge is -2.17. The Hall–Kier alpha value is -2.68. The van der Waals surface area contributed by atoms with Gasteiger partial charge in [-0.3, -0.25) is 10.0 Å². The molecule has 0 heterocycles. The van der Waals surface area contributed by atoms with Crippen molar-refractivity contribution in [1.29, 1.82) is 0 Å². The summed E-state index contributed by atoms with van der Waals surface area (Å²) in [5.41, 5.74) is 2.12. The summed E-state index contributed by atoms with van der Waals surface area (Å²) < 4.78 is 79.9. The first-order chi connectivity index (χ1) is 16.4. The third-order valence-electron chi connectivity index (χ3n) is 4.27. The van der Waals surface area contributed by atoms with E-state index < -0.39 is 61.7 Å². The van der Waals surface area contributed by atoms with Crippen molar-refractivity contribution < 1.29 is 35.6 Å². The van der Waals surface area contributed by atoms with E-state index >= 15 is 0 Å². The summed E-state index contributed by atoms with van der Waals surface area (Å²) in [6.45, 7) is -0.807. The quantitative estimate of drug-likeness (QED) is 0.236. The molecule has 0 aliphatic rings. The van der Waals surface area contributed by atoms with E-state index in [1.54, 1.807) is 24.3 Å². The number of benzene rings is 2. The zero-order valence-electron chi connectivity index (χ0n) is 18.0. The molecule has 0 spiro atoms. The standard InChI is InChI=1S/C21H22ClF2N3O6S2/c22-17-7-3-15(4-8-17)2-1-11-34(30,31)27-20(21(28)26-29)13-25-35(32,33)14-19(24)12-16-5-9-18(23)10-6-16/h1-10,12,20,25,27,29H,11,13-14H2,(H,26,28). The number of hydrogen-bond donors (Lipinski definition) is 4. The number of hydrogen-bond acceptors (Lipinski definition) is 6. The number of nitrogens with one attached hydrogen (secondary N) is 3. The van der Waals surface area contributed by atoms with E-state index in [0.29, 0.717) is 10.6 Å². The largest absolute Gasteiger partial charge is 0.289 e. The van der Waals surface area contributed by atoms with Crippen LogP contribution in [-0.4, -0.2) is 52.0 Å². The van der Waals surface area contributed by atoms with E-state index in [9.17, 15) is 30.4 Å². The maximum Gasteiger partial charge on any atom is 0.262 e. The molecule has 190 valence electrons. The summed E-state index contributed by atoms with van der Waals surface area (Å²) in [4.78, 5) is 11.9. The summed E-state index contributed by atoms with van der Waals surface area (Å²) in [5.74, 6) is -4.55. The molecule has 2 aromatic carbocycles. The van der Waals surface area contributed by atoms with Gasteiger partial charge < -0.3 is 0 Å². The molecule has 35 heavy (non-hydrogen) atoms. The Bertz CT molecular complexity index is 1280. The van der Waals surface area contributed by atoms with Crippen LogP contribution in [0, 0.1) is 5.82 Å². The number of carbonyl (C=O) groups excluding carboxylic acids is 1. The molecule has 0 aliphatic carbocycles. The second-order valence-corrected chi connectivity index (χ2v) is 11.2. The third-order valence-corrected chi connectivity index (χ3v) is 7.06. The molecule has 0 aliphatic heterocycles. The van der Waals surface area contributed by atoms with Gasteiger partial charge in [-0.1, -0.05) is 48.0 Å². The molecule has 0 aromatic heterocycles. The van der Waals surface area contributed by atoms with Crippen LogP contribution >= 0.6 is 11.6 Å². The van der Waals surface area contributed by atoms with E-state index in [0.717, 1.165) is 18.2 Å². The van der Waals surface area contributed by atoms with Gasteiger partial charge in [0.05, 0.1) is 5.75 Å². The van der Waals surface area contributed by atoms with Gasteiger partial charge in [0.1, 0.15) is 23.4 Å². The number of halogens is 3. The molecule has 1 unspecified atom stereocenters. The Morgan fingerprint density at radius 1 is 1.00 bits per heavy atom. The second kappa shape index (κ2) is 12.9. The minimum absolute atomic E-state index is 0.219. The van der Waals surface area contributed by atoms with E-state index in [1.807, 2.05) is 9.44 Å². The fourth-order valence-electron chi connectivity index (χ4n) is 2.64. The zero-order valence-corrected chi connectivity index (χ0v) is 20.4. The first kappa shape index (κ1) is 28.6. The second-order valence-electron chi connectivity index (χ2n) is 7.13. The topological polar surface area (TPSA) is 142 Å². The van der Waals surface area contributed by atoms with Crippen molar-refractivity contribution in [2.45, 2.75) is 6.04 Å². The Morgan fingerprint density at radius 2 is 1.60 bits per heavy atom. The van der Waals surface area contributed by atoms with Crippen LogP contribution in [0.2, 0.25) is 5.02 Å². The highest BCUT2D eigenvalue weighted by atomic mass is 35.5. The van der Waals surface area contributed by atoms with Gasteiger partial charge in [-0.25, -0.2) is 40.5 Å². The number of carbonyl (C=O) groups is 1. The maximum atomic E-state index is 14.1. The number of hydroxylamine groups is 1. The maximum absolute atomic E-state index is 14.1. The van der Waals surface area contributed by atoms with Crippen LogP contribution in [0.15, 0.2) is 60.4 Å². The van der Waals surface area contributed by atoms with Crippen LogP contribution in [0.5, 0.6) is 0 Å². The van der Waals surface area contributed by atoms with E-state index in [-0.39, 0.29) is 5.56 Å². The minimum Gasteiger partial charge on any atom is -0.289 e. The number of rotatable bonds is 12. The van der Waals surface area contributed by atoms with Crippen molar-refractivity contribution in [1.82, 2.24) is 14.9 Å². The Morgan fingerprint density at radius 3 is 2.20 bits per heavy atom. The van der Waals surface area contributed by atoms with Gasteiger partial charge in [-0.2, -0.15) is 0 Å². The molecule has 0 fully saturated rings. The molecule has 0 saturated carbocycles. The van der Waals surface area contributed by atoms with Crippen molar-refractivity contribution in [3.63, 3.8) is 0 Å². The lowest BCUT2D eigenvalue weighted by atomic mass is 10.2. The van der Waals surface area contributed by atoms with Crippen molar-refractivity contribution in [3.05, 3.63) is 82.4 Å². The van der Waals surface area contributed by atoms with Crippen LogP contribution < -0.4 is 14.9 Å². The molecule has 2 aromatic rings. The van der Waals surface area contributed by atoms with Gasteiger partial charge in [0.15, 0.2) is 0 Å². The van der Waals surface area contributed by atoms with Crippen LogP contribution in [0.4, 0.5) is 8.78 Å². The molecule has 14 heteroatoms. The monoisotopic (exact) mass is 549 g/mol. The summed E-state index contributed by atoms with van der Waals surface area (Å²) in [5, 5.41) is 9.38. The average Bonchev–Trinajstić information content (AvgIpc) is 2.78. The van der Waals surface area contributed by atoms with E-state index in [1.165, 1.54) is 29.8 Å². The summed E-state index contributed by atoms with van der Waals surface area (Å²) in [7, 11) is -8.48. The van der Waals surface area contributed by atoms with Crippen LogP contribution in [0.1, 0.15) is 11.1 Å². The summed E-state index contributed by atoms with van der Waals surface area (Å²) >= 11 is 5.78. The molecule has 1 amide bonds.